The van der Waals surface area contributed by atoms with E-state index in [-0.39, 0.29) is 6.42 Å². The second-order valence-electron chi connectivity index (χ2n) is 4.53. The van der Waals surface area contributed by atoms with Crippen LogP contribution in [0, 0.1) is 0 Å². The van der Waals surface area contributed by atoms with E-state index >= 15 is 0 Å². The Morgan fingerprint density at radius 2 is 1.85 bits per heavy atom. The van der Waals surface area contributed by atoms with Crippen molar-refractivity contribution in [2.75, 3.05) is 11.4 Å². The van der Waals surface area contributed by atoms with Crippen molar-refractivity contribution in [1.29, 1.82) is 0 Å². The molecule has 0 unspecified atom stereocenters. The lowest BCUT2D eigenvalue weighted by atomic mass is 10.2. The second-order valence-corrected chi connectivity index (χ2v) is 4.97. The van der Waals surface area contributed by atoms with Crippen molar-refractivity contribution in [2.45, 2.75) is 13.0 Å². The number of nitrogens with zero attached hydrogens (tertiary/aromatic N) is 1. The van der Waals surface area contributed by atoms with Crippen molar-refractivity contribution in [2.24, 2.45) is 0 Å². The van der Waals surface area contributed by atoms with Gasteiger partial charge in [-0.05, 0) is 23.8 Å². The van der Waals surface area contributed by atoms with Crippen molar-refractivity contribution in [3.8, 4) is 0 Å². The van der Waals surface area contributed by atoms with Gasteiger partial charge in [-0.25, -0.2) is 0 Å². The molecule has 0 aromatic heterocycles. The molecule has 4 heteroatoms. The van der Waals surface area contributed by atoms with Gasteiger partial charge in [-0.15, -0.1) is 0 Å². The Balaban J connectivity index is 2.18. The first-order valence-corrected chi connectivity index (χ1v) is 6.79. The van der Waals surface area contributed by atoms with Gasteiger partial charge >= 0.3 is 5.97 Å². The fourth-order valence-electron chi connectivity index (χ4n) is 2.01. The quantitative estimate of drug-likeness (QED) is 0.879. The number of rotatable bonds is 6. The van der Waals surface area contributed by atoms with E-state index in [0.717, 1.165) is 11.3 Å². The maximum atomic E-state index is 10.8. The predicted octanol–water partition coefficient (Wildman–Crippen LogP) is 3.82. The van der Waals surface area contributed by atoms with E-state index < -0.39 is 5.97 Å². The van der Waals surface area contributed by atoms with Gasteiger partial charge in [0.05, 0.1) is 6.42 Å². The molecule has 0 amide bonds. The van der Waals surface area contributed by atoms with Crippen molar-refractivity contribution >= 4 is 23.3 Å². The van der Waals surface area contributed by atoms with Crippen LogP contribution in [0.1, 0.15) is 12.0 Å². The lowest BCUT2D eigenvalue weighted by molar-refractivity contribution is -0.136. The van der Waals surface area contributed by atoms with E-state index in [0.29, 0.717) is 18.1 Å². The summed E-state index contributed by atoms with van der Waals surface area (Å²) >= 11 is 6.01. The molecule has 0 bridgehead atoms. The molecular weight excluding hydrogens is 274 g/mol. The molecule has 3 nitrogen and oxygen atoms in total. The molecule has 20 heavy (non-hydrogen) atoms. The minimum Gasteiger partial charge on any atom is -0.481 e. The number of aliphatic carboxylic acids is 1. The lowest BCUT2D eigenvalue weighted by Gasteiger charge is -2.24. The van der Waals surface area contributed by atoms with E-state index in [9.17, 15) is 4.79 Å². The Labute approximate surface area is 123 Å². The third-order valence-corrected chi connectivity index (χ3v) is 3.22. The molecule has 2 aromatic rings. The summed E-state index contributed by atoms with van der Waals surface area (Å²) in [6.45, 7) is 1.11. The van der Waals surface area contributed by atoms with Crippen molar-refractivity contribution in [3.05, 3.63) is 65.2 Å². The second kappa shape index (κ2) is 6.96. The average Bonchev–Trinajstić information content (AvgIpc) is 2.44. The molecule has 2 aromatic carbocycles. The molecule has 0 radical (unpaired) electrons. The van der Waals surface area contributed by atoms with Crippen LogP contribution in [0.5, 0.6) is 0 Å². The zero-order chi connectivity index (χ0) is 14.4. The van der Waals surface area contributed by atoms with Gasteiger partial charge in [0.15, 0.2) is 0 Å². The van der Waals surface area contributed by atoms with Crippen LogP contribution >= 0.6 is 11.6 Å². The highest BCUT2D eigenvalue weighted by atomic mass is 35.5. The third kappa shape index (κ3) is 4.28. The van der Waals surface area contributed by atoms with E-state index in [1.54, 1.807) is 0 Å². The maximum absolute atomic E-state index is 10.8. The number of benzene rings is 2. The summed E-state index contributed by atoms with van der Waals surface area (Å²) < 4.78 is 0. The number of halogens is 1. The van der Waals surface area contributed by atoms with Gasteiger partial charge in [-0.3, -0.25) is 4.79 Å². The fraction of sp³-hybridized carbons (Fsp3) is 0.188. The normalized spacial score (nSPS) is 10.2. The largest absolute Gasteiger partial charge is 0.481 e. The van der Waals surface area contributed by atoms with E-state index in [1.807, 2.05) is 59.5 Å². The van der Waals surface area contributed by atoms with Gasteiger partial charge in [-0.2, -0.15) is 0 Å². The van der Waals surface area contributed by atoms with Gasteiger partial charge in [-0.1, -0.05) is 48.0 Å². The smallest absolute Gasteiger partial charge is 0.305 e. The molecule has 0 saturated carbocycles. The van der Waals surface area contributed by atoms with Crippen LogP contribution in [-0.2, 0) is 11.3 Å². The first kappa shape index (κ1) is 14.4. The van der Waals surface area contributed by atoms with Crippen LogP contribution in [0.2, 0.25) is 5.02 Å². The van der Waals surface area contributed by atoms with Gasteiger partial charge in [0.25, 0.3) is 0 Å². The highest BCUT2D eigenvalue weighted by Gasteiger charge is 2.10. The number of carbonyl (C=O) groups is 1. The zero-order valence-corrected chi connectivity index (χ0v) is 11.8. The maximum Gasteiger partial charge on any atom is 0.305 e. The molecule has 0 fully saturated rings. The summed E-state index contributed by atoms with van der Waals surface area (Å²) in [5, 5.41) is 9.53. The molecule has 0 aliphatic rings. The Kier molecular flexibility index (Phi) is 5.02. The number of hydrogen-bond acceptors (Lipinski definition) is 2. The number of hydrogen-bond donors (Lipinski definition) is 1. The van der Waals surface area contributed by atoms with Gasteiger partial charge in [0, 0.05) is 23.8 Å². The molecule has 0 aliphatic carbocycles. The summed E-state index contributed by atoms with van der Waals surface area (Å²) in [5.74, 6) is -0.801. The van der Waals surface area contributed by atoms with Gasteiger partial charge in [0.1, 0.15) is 0 Å². The highest BCUT2D eigenvalue weighted by molar-refractivity contribution is 6.30. The average molecular weight is 290 g/mol. The third-order valence-electron chi connectivity index (χ3n) is 2.99. The molecule has 0 heterocycles. The Bertz CT molecular complexity index is 572. The summed E-state index contributed by atoms with van der Waals surface area (Å²) in [6, 6.07) is 17.4. The van der Waals surface area contributed by atoms with Gasteiger partial charge in [0.2, 0.25) is 0 Å². The Hall–Kier alpha value is -2.00. The van der Waals surface area contributed by atoms with Crippen LogP contribution in [-0.4, -0.2) is 17.6 Å². The monoisotopic (exact) mass is 289 g/mol. The Morgan fingerprint density at radius 1 is 1.10 bits per heavy atom. The zero-order valence-electron chi connectivity index (χ0n) is 11.0. The topological polar surface area (TPSA) is 40.5 Å². The van der Waals surface area contributed by atoms with E-state index in [4.69, 9.17) is 16.7 Å². The number of carboxylic acids is 1. The summed E-state index contributed by atoms with van der Waals surface area (Å²) in [7, 11) is 0. The lowest BCUT2D eigenvalue weighted by Crippen LogP contribution is -2.25. The van der Waals surface area contributed by atoms with Crippen molar-refractivity contribution in [3.63, 3.8) is 0 Å². The summed E-state index contributed by atoms with van der Waals surface area (Å²) in [4.78, 5) is 12.8. The molecule has 0 spiro atoms. The van der Waals surface area contributed by atoms with Crippen LogP contribution in [0.15, 0.2) is 54.6 Å². The Morgan fingerprint density at radius 3 is 2.50 bits per heavy atom. The van der Waals surface area contributed by atoms with E-state index in [1.165, 1.54) is 0 Å². The van der Waals surface area contributed by atoms with Crippen molar-refractivity contribution in [1.82, 2.24) is 0 Å². The summed E-state index contributed by atoms with van der Waals surface area (Å²) in [6.07, 6.45) is 0.0966. The van der Waals surface area contributed by atoms with Crippen molar-refractivity contribution < 1.29 is 9.90 Å². The van der Waals surface area contributed by atoms with Crippen LogP contribution < -0.4 is 4.90 Å². The summed E-state index contributed by atoms with van der Waals surface area (Å²) in [5.41, 5.74) is 2.07. The number of carboxylic acid groups (broad SMARTS) is 1. The first-order valence-electron chi connectivity index (χ1n) is 6.41. The number of anilines is 1. The minimum absolute atomic E-state index is 0.0966. The van der Waals surface area contributed by atoms with Gasteiger partial charge < -0.3 is 10.0 Å². The standard InChI is InChI=1S/C16H16ClNO2/c17-14-7-4-8-15(11-14)18(10-9-16(19)20)12-13-5-2-1-3-6-13/h1-8,11H,9-10,12H2,(H,19,20). The van der Waals surface area contributed by atoms with E-state index in [2.05, 4.69) is 0 Å². The first-order chi connectivity index (χ1) is 9.65. The van der Waals surface area contributed by atoms with Crippen LogP contribution in [0.3, 0.4) is 0 Å². The van der Waals surface area contributed by atoms with Crippen LogP contribution in [0.4, 0.5) is 5.69 Å². The predicted molar refractivity (Wildman–Crippen MR) is 81.2 cm³/mol. The molecule has 1 N–H and O–H groups in total. The molecule has 2 rings (SSSR count). The highest BCUT2D eigenvalue weighted by Crippen LogP contribution is 2.21. The molecule has 104 valence electrons. The molecule has 0 saturated heterocycles. The molecular formula is C16H16ClNO2. The minimum atomic E-state index is -0.801. The van der Waals surface area contributed by atoms with Crippen LogP contribution in [0.25, 0.3) is 0 Å². The molecule has 0 atom stereocenters. The fourth-order valence-corrected chi connectivity index (χ4v) is 2.19. The molecule has 0 aliphatic heterocycles. The SMILES string of the molecule is O=C(O)CCN(Cc1ccccc1)c1cccc(Cl)c1.